The van der Waals surface area contributed by atoms with Crippen LogP contribution in [-0.4, -0.2) is 17.3 Å². The van der Waals surface area contributed by atoms with Gasteiger partial charge < -0.3 is 5.32 Å². The summed E-state index contributed by atoms with van der Waals surface area (Å²) < 4.78 is 0.674. The molecule has 6 heavy (non-hydrogen) atoms. The first kappa shape index (κ1) is 7.12. The minimum Gasteiger partial charge on any atom is -0.318 e. The lowest BCUT2D eigenvalue weighted by molar-refractivity contribution is 0.862. The Labute approximate surface area is 54.6 Å². The van der Waals surface area contributed by atoms with Crippen molar-refractivity contribution in [3.63, 3.8) is 0 Å². The molecular formula is C3H9INP. The van der Waals surface area contributed by atoms with Crippen molar-refractivity contribution in [2.75, 3.05) is 13.6 Å². The quantitative estimate of drug-likeness (QED) is 0.410. The highest BCUT2D eigenvalue weighted by Gasteiger charge is 1.86. The number of hydrogen-bond donors (Lipinski definition) is 1. The van der Waals surface area contributed by atoms with E-state index >= 15 is 0 Å². The molecule has 0 spiro atoms. The molecule has 1 nitrogen and oxygen atoms in total. The van der Waals surface area contributed by atoms with Crippen LogP contribution in [-0.2, 0) is 0 Å². The Bertz CT molecular complexity index is 32.0. The number of hydrogen-bond acceptors (Lipinski definition) is 1. The van der Waals surface area contributed by atoms with Crippen molar-refractivity contribution in [1.82, 2.24) is 5.32 Å². The van der Waals surface area contributed by atoms with Crippen LogP contribution in [0.4, 0.5) is 0 Å². The lowest BCUT2D eigenvalue weighted by atomic mass is 10.8. The molecule has 38 valence electrons. The average molecular weight is 217 g/mol. The first-order valence-corrected chi connectivity index (χ1v) is 3.73. The van der Waals surface area contributed by atoms with Crippen LogP contribution in [0.1, 0.15) is 0 Å². The van der Waals surface area contributed by atoms with E-state index < -0.39 is 0 Å². The van der Waals surface area contributed by atoms with E-state index in [-0.39, 0.29) is 0 Å². The SMILES string of the molecule is CNCC(P)I. The maximum Gasteiger partial charge on any atom is 0.0377 e. The maximum atomic E-state index is 3.04. The Morgan fingerprint density at radius 1 is 2.00 bits per heavy atom. The predicted molar refractivity (Wildman–Crippen MR) is 41.4 cm³/mol. The fraction of sp³-hybridized carbons (Fsp3) is 1.00. The van der Waals surface area contributed by atoms with Crippen molar-refractivity contribution >= 4 is 31.8 Å². The highest BCUT2D eigenvalue weighted by molar-refractivity contribution is 14.1. The van der Waals surface area contributed by atoms with E-state index in [0.717, 1.165) is 6.54 Å². The summed E-state index contributed by atoms with van der Waals surface area (Å²) in [6.45, 7) is 1.07. The summed E-state index contributed by atoms with van der Waals surface area (Å²) in [4.78, 5) is 0. The maximum absolute atomic E-state index is 3.04. The van der Waals surface area contributed by atoms with Crippen LogP contribution >= 0.6 is 31.8 Å². The third kappa shape index (κ3) is 5.12. The lowest BCUT2D eigenvalue weighted by Gasteiger charge is -1.96. The Hall–Kier alpha value is 1.12. The van der Waals surface area contributed by atoms with Gasteiger partial charge in [0.05, 0.1) is 0 Å². The smallest absolute Gasteiger partial charge is 0.0377 e. The molecule has 0 saturated heterocycles. The molecule has 0 heterocycles. The van der Waals surface area contributed by atoms with Gasteiger partial charge in [0.1, 0.15) is 0 Å². The molecule has 2 unspecified atom stereocenters. The summed E-state index contributed by atoms with van der Waals surface area (Å²) in [7, 11) is 4.66. The van der Waals surface area contributed by atoms with Crippen molar-refractivity contribution < 1.29 is 0 Å². The zero-order valence-electron chi connectivity index (χ0n) is 3.74. The fourth-order valence-electron chi connectivity index (χ4n) is 0.195. The van der Waals surface area contributed by atoms with Crippen molar-refractivity contribution in [3.8, 4) is 0 Å². The lowest BCUT2D eigenvalue weighted by Crippen LogP contribution is -2.12. The van der Waals surface area contributed by atoms with Crippen LogP contribution in [0.2, 0.25) is 0 Å². The fourth-order valence-corrected chi connectivity index (χ4v) is 0.871. The molecule has 0 aliphatic carbocycles. The Morgan fingerprint density at radius 3 is 2.50 bits per heavy atom. The molecule has 0 radical (unpaired) electrons. The molecule has 1 N–H and O–H groups in total. The van der Waals surface area contributed by atoms with E-state index in [0.29, 0.717) is 3.67 Å². The van der Waals surface area contributed by atoms with E-state index in [4.69, 9.17) is 0 Å². The summed E-state index contributed by atoms with van der Waals surface area (Å²) in [6.07, 6.45) is 0. The van der Waals surface area contributed by atoms with Gasteiger partial charge in [0, 0.05) is 10.2 Å². The molecular weight excluding hydrogens is 208 g/mol. The molecule has 3 heteroatoms. The Morgan fingerprint density at radius 2 is 2.50 bits per heavy atom. The van der Waals surface area contributed by atoms with E-state index in [1.807, 2.05) is 7.05 Å². The van der Waals surface area contributed by atoms with Gasteiger partial charge in [-0.25, -0.2) is 0 Å². The van der Waals surface area contributed by atoms with Gasteiger partial charge in [-0.1, -0.05) is 22.6 Å². The second-order valence-corrected chi connectivity index (χ2v) is 4.84. The minimum atomic E-state index is 0.674. The molecule has 0 aliphatic rings. The van der Waals surface area contributed by atoms with Crippen LogP contribution in [0.15, 0.2) is 0 Å². The molecule has 0 aromatic heterocycles. The third-order valence-corrected chi connectivity index (χ3v) is 1.08. The third-order valence-electron chi connectivity index (χ3n) is 0.399. The van der Waals surface area contributed by atoms with Gasteiger partial charge in [0.25, 0.3) is 0 Å². The normalized spacial score (nSPS) is 14.5. The number of rotatable bonds is 2. The standard InChI is InChI=1S/C3H9INP/c1-5-2-3(4)6/h3,5H,2,6H2,1H3. The molecule has 2 atom stereocenters. The van der Waals surface area contributed by atoms with Crippen molar-refractivity contribution in [2.45, 2.75) is 3.67 Å². The summed E-state index contributed by atoms with van der Waals surface area (Å²) >= 11 is 2.34. The second-order valence-electron chi connectivity index (χ2n) is 1.07. The van der Waals surface area contributed by atoms with Crippen LogP contribution < -0.4 is 5.32 Å². The zero-order valence-corrected chi connectivity index (χ0v) is 7.05. The monoisotopic (exact) mass is 217 g/mol. The van der Waals surface area contributed by atoms with Gasteiger partial charge in [-0.2, -0.15) is 0 Å². The van der Waals surface area contributed by atoms with Crippen LogP contribution in [0.3, 0.4) is 0 Å². The van der Waals surface area contributed by atoms with Gasteiger partial charge in [-0.15, -0.1) is 9.24 Å². The van der Waals surface area contributed by atoms with Crippen molar-refractivity contribution in [1.29, 1.82) is 0 Å². The largest absolute Gasteiger partial charge is 0.318 e. The van der Waals surface area contributed by atoms with E-state index in [2.05, 4.69) is 37.1 Å². The number of alkyl halides is 1. The Balaban J connectivity index is 2.63. The van der Waals surface area contributed by atoms with Crippen LogP contribution in [0, 0.1) is 0 Å². The first-order valence-electron chi connectivity index (χ1n) is 1.81. The molecule has 0 aromatic carbocycles. The van der Waals surface area contributed by atoms with E-state index in [1.54, 1.807) is 0 Å². The predicted octanol–water partition coefficient (Wildman–Crippen LogP) is 0.842. The summed E-state index contributed by atoms with van der Waals surface area (Å²) in [6, 6.07) is 0. The summed E-state index contributed by atoms with van der Waals surface area (Å²) in [5.41, 5.74) is 0. The van der Waals surface area contributed by atoms with Gasteiger partial charge in [0.2, 0.25) is 0 Å². The molecule has 0 saturated carbocycles. The molecule has 0 rings (SSSR count). The highest BCUT2D eigenvalue weighted by Crippen LogP contribution is 2.05. The van der Waals surface area contributed by atoms with E-state index in [1.165, 1.54) is 0 Å². The number of nitrogens with one attached hydrogen (secondary N) is 1. The average Bonchev–Trinajstić information content (AvgIpc) is 1.35. The van der Waals surface area contributed by atoms with Crippen molar-refractivity contribution in [2.24, 2.45) is 0 Å². The van der Waals surface area contributed by atoms with Gasteiger partial charge in [-0.05, 0) is 7.05 Å². The first-order chi connectivity index (χ1) is 2.77. The van der Waals surface area contributed by atoms with Crippen LogP contribution in [0.5, 0.6) is 0 Å². The molecule has 0 aliphatic heterocycles. The Kier molecular flexibility index (Phi) is 5.08. The molecule has 0 amide bonds. The number of halogens is 1. The van der Waals surface area contributed by atoms with Crippen LogP contribution in [0.25, 0.3) is 0 Å². The van der Waals surface area contributed by atoms with Crippen molar-refractivity contribution in [3.05, 3.63) is 0 Å². The molecule has 0 fully saturated rings. The van der Waals surface area contributed by atoms with E-state index in [9.17, 15) is 0 Å². The minimum absolute atomic E-state index is 0.674. The molecule has 0 bridgehead atoms. The van der Waals surface area contributed by atoms with Gasteiger partial charge >= 0.3 is 0 Å². The topological polar surface area (TPSA) is 12.0 Å². The van der Waals surface area contributed by atoms with Gasteiger partial charge in [-0.3, -0.25) is 0 Å². The molecule has 0 aromatic rings. The second kappa shape index (κ2) is 4.28. The highest BCUT2D eigenvalue weighted by atomic mass is 127. The zero-order chi connectivity index (χ0) is 4.99. The summed E-state index contributed by atoms with van der Waals surface area (Å²) in [5, 5.41) is 3.04. The summed E-state index contributed by atoms with van der Waals surface area (Å²) in [5.74, 6) is 0. The van der Waals surface area contributed by atoms with Gasteiger partial charge in [0.15, 0.2) is 0 Å².